The molecule has 1 aliphatic heterocycles. The van der Waals surface area contributed by atoms with Gasteiger partial charge in [-0.05, 0) is 42.3 Å². The molecule has 4 N–H and O–H groups in total. The maximum Gasteiger partial charge on any atom is 0.336 e. The summed E-state index contributed by atoms with van der Waals surface area (Å²) < 4.78 is 12.7. The molecule has 1 aliphatic rings. The third-order valence-corrected chi connectivity index (χ3v) is 7.12. The zero-order chi connectivity index (χ0) is 26.2. The average molecular weight is 523 g/mol. The molecule has 194 valence electrons. The first-order valence-corrected chi connectivity index (χ1v) is 13.1. The van der Waals surface area contributed by atoms with Gasteiger partial charge in [-0.1, -0.05) is 48.5 Å². The lowest BCUT2D eigenvalue weighted by Gasteiger charge is -2.36. The van der Waals surface area contributed by atoms with Crippen LogP contribution in [-0.4, -0.2) is 40.6 Å². The van der Waals surface area contributed by atoms with E-state index in [1.54, 1.807) is 24.3 Å². The molecular weight excluding hydrogens is 492 g/mol. The Morgan fingerprint density at radius 3 is 2.51 bits per heavy atom. The lowest BCUT2D eigenvalue weighted by Crippen LogP contribution is -2.31. The zero-order valence-corrected chi connectivity index (χ0v) is 21.2. The van der Waals surface area contributed by atoms with Crippen LogP contribution in [0.15, 0.2) is 77.7 Å². The van der Waals surface area contributed by atoms with Gasteiger partial charge in [0.25, 0.3) is 0 Å². The first-order chi connectivity index (χ1) is 18.0. The predicted molar refractivity (Wildman–Crippen MR) is 142 cm³/mol. The van der Waals surface area contributed by atoms with Crippen molar-refractivity contribution in [3.05, 3.63) is 95.1 Å². The van der Waals surface area contributed by atoms with E-state index in [4.69, 9.17) is 9.47 Å². The molecule has 8 nitrogen and oxygen atoms in total. The molecule has 3 atom stereocenters. The molecule has 1 saturated heterocycles. The highest BCUT2D eigenvalue weighted by Gasteiger charge is 2.32. The second-order valence-corrected chi connectivity index (χ2v) is 9.63. The van der Waals surface area contributed by atoms with Gasteiger partial charge in [0.05, 0.1) is 24.4 Å². The van der Waals surface area contributed by atoms with Gasteiger partial charge >= 0.3 is 12.0 Å². The molecule has 0 aliphatic carbocycles. The Morgan fingerprint density at radius 1 is 1.00 bits per heavy atom. The van der Waals surface area contributed by atoms with Crippen molar-refractivity contribution in [1.29, 1.82) is 0 Å². The quantitative estimate of drug-likeness (QED) is 0.280. The monoisotopic (exact) mass is 522 g/mol. The number of aliphatic hydroxyl groups is 1. The lowest BCUT2D eigenvalue weighted by atomic mass is 10.0. The average Bonchev–Trinajstić information content (AvgIpc) is 2.92. The number of carboxylic acid groups (broad SMARTS) is 1. The number of carboxylic acids is 1. The fourth-order valence-electron chi connectivity index (χ4n) is 4.07. The Bertz CT molecular complexity index is 1220. The summed E-state index contributed by atoms with van der Waals surface area (Å²) in [5, 5.41) is 24.5. The second-order valence-electron chi connectivity index (χ2n) is 8.57. The molecule has 9 heteroatoms. The number of ether oxygens (including phenoxy) is 2. The van der Waals surface area contributed by atoms with Crippen molar-refractivity contribution >= 4 is 29.4 Å². The van der Waals surface area contributed by atoms with Gasteiger partial charge in [0, 0.05) is 34.9 Å². The van der Waals surface area contributed by atoms with Gasteiger partial charge in [-0.3, -0.25) is 0 Å². The maximum atomic E-state index is 12.0. The van der Waals surface area contributed by atoms with Gasteiger partial charge in [-0.25, -0.2) is 9.59 Å². The molecule has 1 heterocycles. The summed E-state index contributed by atoms with van der Waals surface area (Å²) in [5.74, 6) is -0.432. The number of amides is 2. The molecule has 0 aromatic heterocycles. The number of aromatic carboxylic acids is 1. The number of nitrogens with one attached hydrogen (secondary N) is 2. The van der Waals surface area contributed by atoms with Crippen molar-refractivity contribution in [1.82, 2.24) is 5.32 Å². The van der Waals surface area contributed by atoms with Crippen molar-refractivity contribution in [2.75, 3.05) is 17.6 Å². The smallest absolute Gasteiger partial charge is 0.336 e. The molecule has 3 aromatic rings. The molecular formula is C28H30N2O6S. The third-order valence-electron chi connectivity index (χ3n) is 5.91. The number of aliphatic hydroxyl groups excluding tert-OH is 1. The summed E-state index contributed by atoms with van der Waals surface area (Å²) in [6.45, 7) is 2.33. The fraction of sp³-hybridized carbons (Fsp3) is 0.286. The Hall–Kier alpha value is -3.37. The Morgan fingerprint density at radius 2 is 1.78 bits per heavy atom. The van der Waals surface area contributed by atoms with E-state index in [1.807, 2.05) is 55.5 Å². The predicted octanol–water partition coefficient (Wildman–Crippen LogP) is 5.36. The van der Waals surface area contributed by atoms with Gasteiger partial charge in [0.1, 0.15) is 0 Å². The van der Waals surface area contributed by atoms with E-state index in [-0.39, 0.29) is 30.4 Å². The molecule has 1 fully saturated rings. The summed E-state index contributed by atoms with van der Waals surface area (Å²) in [4.78, 5) is 24.3. The molecule has 2 amide bonds. The van der Waals surface area contributed by atoms with Crippen LogP contribution in [0.2, 0.25) is 0 Å². The van der Waals surface area contributed by atoms with Crippen LogP contribution >= 0.6 is 11.8 Å². The SMILES string of the molecule is CCNC(=O)Nc1cccc(C2OC(CSc3ccccc3C(=O)O)CC(c3ccc(CO)cc3)O2)c1. The fourth-order valence-corrected chi connectivity index (χ4v) is 5.14. The van der Waals surface area contributed by atoms with Crippen LogP contribution in [-0.2, 0) is 16.1 Å². The molecule has 0 bridgehead atoms. The highest BCUT2D eigenvalue weighted by atomic mass is 32.2. The van der Waals surface area contributed by atoms with E-state index in [0.717, 1.165) is 16.7 Å². The van der Waals surface area contributed by atoms with Crippen LogP contribution in [0, 0.1) is 0 Å². The summed E-state index contributed by atoms with van der Waals surface area (Å²) in [6.07, 6.45) is -0.610. The van der Waals surface area contributed by atoms with Crippen molar-refractivity contribution in [3.8, 4) is 0 Å². The number of carbonyl (C=O) groups is 2. The number of hydrogen-bond donors (Lipinski definition) is 4. The number of thioether (sulfide) groups is 1. The van der Waals surface area contributed by atoms with Gasteiger partial charge in [0.15, 0.2) is 6.29 Å². The van der Waals surface area contributed by atoms with E-state index < -0.39 is 12.3 Å². The largest absolute Gasteiger partial charge is 0.478 e. The standard InChI is InChI=1S/C28H30N2O6S/c1-2-29-28(34)30-21-7-5-6-20(14-21)27-35-22(17-37-25-9-4-3-8-23(25)26(32)33)15-24(36-27)19-12-10-18(16-31)11-13-19/h3-14,22,24,27,31H,2,15-17H2,1H3,(H,32,33)(H2,29,30,34). The topological polar surface area (TPSA) is 117 Å². The van der Waals surface area contributed by atoms with Crippen LogP contribution in [0.3, 0.4) is 0 Å². The molecule has 4 rings (SSSR count). The van der Waals surface area contributed by atoms with Crippen molar-refractivity contribution < 1.29 is 29.3 Å². The summed E-state index contributed by atoms with van der Waals surface area (Å²) in [7, 11) is 0. The Labute approximate surface area is 220 Å². The van der Waals surface area contributed by atoms with E-state index in [2.05, 4.69) is 10.6 Å². The van der Waals surface area contributed by atoms with Crippen molar-refractivity contribution in [2.45, 2.75) is 43.3 Å². The normalized spacial score (nSPS) is 19.2. The van der Waals surface area contributed by atoms with Gasteiger partial charge in [-0.2, -0.15) is 0 Å². The molecule has 0 saturated carbocycles. The minimum absolute atomic E-state index is 0.0365. The van der Waals surface area contributed by atoms with Crippen LogP contribution in [0.1, 0.15) is 52.8 Å². The van der Waals surface area contributed by atoms with E-state index in [9.17, 15) is 19.8 Å². The van der Waals surface area contributed by atoms with Crippen LogP contribution < -0.4 is 10.6 Å². The first-order valence-electron chi connectivity index (χ1n) is 12.1. The van der Waals surface area contributed by atoms with Gasteiger partial charge in [-0.15, -0.1) is 11.8 Å². The molecule has 0 spiro atoms. The van der Waals surface area contributed by atoms with E-state index >= 15 is 0 Å². The summed E-state index contributed by atoms with van der Waals surface area (Å²) in [5.41, 5.74) is 3.41. The first kappa shape index (κ1) is 26.7. The Balaban J connectivity index is 1.56. The minimum atomic E-state index is -0.966. The third kappa shape index (κ3) is 7.11. The van der Waals surface area contributed by atoms with Crippen LogP contribution in [0.5, 0.6) is 0 Å². The highest BCUT2D eigenvalue weighted by molar-refractivity contribution is 7.99. The van der Waals surface area contributed by atoms with Crippen molar-refractivity contribution in [3.63, 3.8) is 0 Å². The number of hydrogen-bond acceptors (Lipinski definition) is 6. The van der Waals surface area contributed by atoms with Gasteiger partial charge < -0.3 is 30.3 Å². The number of urea groups is 1. The molecule has 37 heavy (non-hydrogen) atoms. The number of anilines is 1. The van der Waals surface area contributed by atoms with E-state index in [0.29, 0.717) is 29.3 Å². The summed E-state index contributed by atoms with van der Waals surface area (Å²) >= 11 is 1.44. The molecule has 0 radical (unpaired) electrons. The van der Waals surface area contributed by atoms with Crippen LogP contribution in [0.4, 0.5) is 10.5 Å². The van der Waals surface area contributed by atoms with Crippen LogP contribution in [0.25, 0.3) is 0 Å². The number of benzene rings is 3. The Kier molecular flexibility index (Phi) is 9.19. The zero-order valence-electron chi connectivity index (χ0n) is 20.4. The molecule has 3 aromatic carbocycles. The highest BCUT2D eigenvalue weighted by Crippen LogP contribution is 2.40. The number of rotatable bonds is 9. The minimum Gasteiger partial charge on any atom is -0.478 e. The maximum absolute atomic E-state index is 12.0. The lowest BCUT2D eigenvalue weighted by molar-refractivity contribution is -0.245. The van der Waals surface area contributed by atoms with Gasteiger partial charge in [0.2, 0.25) is 0 Å². The van der Waals surface area contributed by atoms with Crippen molar-refractivity contribution in [2.24, 2.45) is 0 Å². The summed E-state index contributed by atoms with van der Waals surface area (Å²) in [6, 6.07) is 21.6. The number of carbonyl (C=O) groups excluding carboxylic acids is 1. The van der Waals surface area contributed by atoms with E-state index in [1.165, 1.54) is 11.8 Å². The second kappa shape index (κ2) is 12.7. The molecule has 3 unspecified atom stereocenters.